The molecule has 1 atom stereocenters. The van der Waals surface area contributed by atoms with Gasteiger partial charge in [-0.25, -0.2) is 4.98 Å². The van der Waals surface area contributed by atoms with Crippen molar-refractivity contribution in [1.82, 2.24) is 14.5 Å². The molecule has 2 aromatic heterocycles. The molecular weight excluding hydrogens is 294 g/mol. The van der Waals surface area contributed by atoms with Gasteiger partial charge in [0.1, 0.15) is 5.82 Å². The summed E-state index contributed by atoms with van der Waals surface area (Å²) in [5.74, 6) is 1.04. The van der Waals surface area contributed by atoms with Gasteiger partial charge in [-0.2, -0.15) is 0 Å². The average Bonchev–Trinajstić information content (AvgIpc) is 2.97. The number of benzene rings is 2. The van der Waals surface area contributed by atoms with E-state index in [9.17, 15) is 0 Å². The van der Waals surface area contributed by atoms with E-state index in [1.165, 1.54) is 16.7 Å². The highest BCUT2D eigenvalue weighted by Gasteiger charge is 2.15. The molecule has 0 radical (unpaired) electrons. The lowest BCUT2D eigenvalue weighted by Gasteiger charge is -2.17. The Morgan fingerprint density at radius 2 is 1.62 bits per heavy atom. The molecule has 3 nitrogen and oxygen atoms in total. The molecule has 0 aliphatic rings. The van der Waals surface area contributed by atoms with Crippen LogP contribution in [0.4, 0.5) is 0 Å². The maximum Gasteiger partial charge on any atom is 0.107 e. The van der Waals surface area contributed by atoms with E-state index in [2.05, 4.69) is 71.9 Å². The first kappa shape index (κ1) is 14.6. The molecule has 0 unspecified atom stereocenters. The van der Waals surface area contributed by atoms with Crippen LogP contribution in [0.2, 0.25) is 0 Å². The average molecular weight is 313 g/mol. The molecule has 0 bridgehead atoms. The molecule has 2 heterocycles. The predicted octanol–water partition coefficient (Wildman–Crippen LogP) is 5.02. The third kappa shape index (κ3) is 2.48. The minimum Gasteiger partial charge on any atom is -0.321 e. The highest BCUT2D eigenvalue weighted by molar-refractivity contribution is 5.83. The third-order valence-corrected chi connectivity index (χ3v) is 4.55. The Balaban J connectivity index is 1.88. The van der Waals surface area contributed by atoms with Crippen LogP contribution in [0.1, 0.15) is 24.4 Å². The van der Waals surface area contributed by atoms with E-state index in [1.807, 2.05) is 24.5 Å². The molecule has 2 aromatic carbocycles. The lowest BCUT2D eigenvalue weighted by molar-refractivity contribution is 0.637. The van der Waals surface area contributed by atoms with Crippen LogP contribution in [-0.4, -0.2) is 14.5 Å². The largest absolute Gasteiger partial charge is 0.321 e. The fourth-order valence-corrected chi connectivity index (χ4v) is 3.31. The molecule has 0 saturated heterocycles. The van der Waals surface area contributed by atoms with E-state index in [4.69, 9.17) is 4.98 Å². The normalized spacial score (nSPS) is 12.4. The van der Waals surface area contributed by atoms with Crippen LogP contribution >= 0.6 is 0 Å². The fraction of sp³-hybridized carbons (Fsp3) is 0.143. The van der Waals surface area contributed by atoms with Crippen molar-refractivity contribution in [3.63, 3.8) is 0 Å². The monoisotopic (exact) mass is 313 g/mol. The van der Waals surface area contributed by atoms with Crippen LogP contribution < -0.4 is 0 Å². The Morgan fingerprint density at radius 3 is 2.38 bits per heavy atom. The van der Waals surface area contributed by atoms with Gasteiger partial charge < -0.3 is 4.57 Å². The van der Waals surface area contributed by atoms with E-state index in [0.29, 0.717) is 0 Å². The number of imidazole rings is 1. The maximum absolute atomic E-state index is 4.75. The SMILES string of the molecule is Cc1nc2ccc(-c3ccncc3)cc2n1[C@H](C)c1ccccc1. The lowest BCUT2D eigenvalue weighted by Crippen LogP contribution is -2.08. The van der Waals surface area contributed by atoms with Crippen molar-refractivity contribution in [2.45, 2.75) is 19.9 Å². The van der Waals surface area contributed by atoms with Gasteiger partial charge in [0.05, 0.1) is 17.1 Å². The maximum atomic E-state index is 4.75. The second kappa shape index (κ2) is 5.93. The molecule has 0 fully saturated rings. The van der Waals surface area contributed by atoms with Gasteiger partial charge in [0, 0.05) is 12.4 Å². The zero-order valence-corrected chi connectivity index (χ0v) is 13.8. The van der Waals surface area contributed by atoms with Gasteiger partial charge in [-0.15, -0.1) is 0 Å². The number of aromatic nitrogens is 3. The predicted molar refractivity (Wildman–Crippen MR) is 98.0 cm³/mol. The van der Waals surface area contributed by atoms with E-state index >= 15 is 0 Å². The summed E-state index contributed by atoms with van der Waals surface area (Å²) in [4.78, 5) is 8.85. The minimum atomic E-state index is 0.240. The molecule has 4 rings (SSSR count). The van der Waals surface area contributed by atoms with E-state index in [-0.39, 0.29) is 6.04 Å². The molecule has 24 heavy (non-hydrogen) atoms. The topological polar surface area (TPSA) is 30.7 Å². The van der Waals surface area contributed by atoms with Crippen molar-refractivity contribution < 1.29 is 0 Å². The Bertz CT molecular complexity index is 972. The van der Waals surface area contributed by atoms with Crippen LogP contribution in [0, 0.1) is 6.92 Å². The van der Waals surface area contributed by atoms with Crippen LogP contribution in [0.5, 0.6) is 0 Å². The summed E-state index contributed by atoms with van der Waals surface area (Å²) >= 11 is 0. The van der Waals surface area contributed by atoms with Crippen LogP contribution in [0.15, 0.2) is 73.1 Å². The summed E-state index contributed by atoms with van der Waals surface area (Å²) in [6, 6.07) is 21.3. The molecule has 0 N–H and O–H groups in total. The van der Waals surface area contributed by atoms with E-state index in [1.54, 1.807) is 0 Å². The Labute approximate surface area is 141 Å². The van der Waals surface area contributed by atoms with Gasteiger partial charge in [-0.1, -0.05) is 36.4 Å². The molecule has 0 amide bonds. The second-order valence-corrected chi connectivity index (χ2v) is 6.06. The Hall–Kier alpha value is -2.94. The lowest BCUT2D eigenvalue weighted by atomic mass is 10.1. The van der Waals surface area contributed by atoms with Crippen molar-refractivity contribution in [3.8, 4) is 11.1 Å². The van der Waals surface area contributed by atoms with Gasteiger partial charge in [-0.3, -0.25) is 4.98 Å². The van der Waals surface area contributed by atoms with Crippen LogP contribution in [-0.2, 0) is 0 Å². The van der Waals surface area contributed by atoms with Crippen molar-refractivity contribution in [3.05, 3.63) is 84.4 Å². The molecule has 0 aliphatic heterocycles. The highest BCUT2D eigenvalue weighted by Crippen LogP contribution is 2.29. The first-order chi connectivity index (χ1) is 11.7. The Morgan fingerprint density at radius 1 is 0.875 bits per heavy atom. The molecule has 0 aliphatic carbocycles. The summed E-state index contributed by atoms with van der Waals surface area (Å²) in [5.41, 5.74) is 5.84. The number of aryl methyl sites for hydroxylation is 1. The summed E-state index contributed by atoms with van der Waals surface area (Å²) in [6.45, 7) is 4.30. The molecule has 4 aromatic rings. The number of pyridine rings is 1. The smallest absolute Gasteiger partial charge is 0.107 e. The summed E-state index contributed by atoms with van der Waals surface area (Å²) < 4.78 is 2.31. The molecule has 0 saturated carbocycles. The van der Waals surface area contributed by atoms with E-state index in [0.717, 1.165) is 16.9 Å². The first-order valence-corrected chi connectivity index (χ1v) is 8.18. The second-order valence-electron chi connectivity index (χ2n) is 6.06. The van der Waals surface area contributed by atoms with Gasteiger partial charge in [-0.05, 0) is 54.8 Å². The highest BCUT2D eigenvalue weighted by atomic mass is 15.1. The Kier molecular flexibility index (Phi) is 3.62. The van der Waals surface area contributed by atoms with Gasteiger partial charge in [0.2, 0.25) is 0 Å². The van der Waals surface area contributed by atoms with Gasteiger partial charge >= 0.3 is 0 Å². The van der Waals surface area contributed by atoms with Crippen molar-refractivity contribution in [2.75, 3.05) is 0 Å². The summed E-state index contributed by atoms with van der Waals surface area (Å²) in [5, 5.41) is 0. The fourth-order valence-electron chi connectivity index (χ4n) is 3.31. The van der Waals surface area contributed by atoms with Gasteiger partial charge in [0.15, 0.2) is 0 Å². The number of hydrogen-bond acceptors (Lipinski definition) is 2. The molecule has 0 spiro atoms. The zero-order valence-electron chi connectivity index (χ0n) is 13.8. The van der Waals surface area contributed by atoms with Crippen molar-refractivity contribution in [2.24, 2.45) is 0 Å². The number of rotatable bonds is 3. The van der Waals surface area contributed by atoms with Crippen LogP contribution in [0.3, 0.4) is 0 Å². The molecule has 118 valence electrons. The van der Waals surface area contributed by atoms with Gasteiger partial charge in [0.25, 0.3) is 0 Å². The summed E-state index contributed by atoms with van der Waals surface area (Å²) in [7, 11) is 0. The summed E-state index contributed by atoms with van der Waals surface area (Å²) in [6.07, 6.45) is 3.66. The minimum absolute atomic E-state index is 0.240. The first-order valence-electron chi connectivity index (χ1n) is 8.18. The van der Waals surface area contributed by atoms with E-state index < -0.39 is 0 Å². The number of hydrogen-bond donors (Lipinski definition) is 0. The van der Waals surface area contributed by atoms with Crippen molar-refractivity contribution >= 4 is 11.0 Å². The molecule has 3 heteroatoms. The number of nitrogens with zero attached hydrogens (tertiary/aromatic N) is 3. The zero-order chi connectivity index (χ0) is 16.5. The third-order valence-electron chi connectivity index (χ3n) is 4.55. The quantitative estimate of drug-likeness (QED) is 0.532. The molecular formula is C21H19N3. The number of fused-ring (bicyclic) bond motifs is 1. The standard InChI is InChI=1S/C21H19N3/c1-15(17-6-4-3-5-7-17)24-16(2)23-20-9-8-19(14-21(20)24)18-10-12-22-13-11-18/h3-15H,1-2H3/t15-/m1/s1. The van der Waals surface area contributed by atoms with Crippen molar-refractivity contribution in [1.29, 1.82) is 0 Å². The van der Waals surface area contributed by atoms with Crippen LogP contribution in [0.25, 0.3) is 22.2 Å².